The van der Waals surface area contributed by atoms with Crippen molar-refractivity contribution in [2.24, 2.45) is 0 Å². The van der Waals surface area contributed by atoms with Crippen molar-refractivity contribution in [3.8, 4) is 0 Å². The van der Waals surface area contributed by atoms with E-state index in [1.165, 1.54) is 199 Å². The fourth-order valence-electron chi connectivity index (χ4n) is 10.9. The molecule has 0 heterocycles. The average molecular weight is 1330 g/mol. The van der Waals surface area contributed by atoms with Gasteiger partial charge in [0.2, 0.25) is 0 Å². The lowest BCUT2D eigenvalue weighted by Gasteiger charge is -2.21. The van der Waals surface area contributed by atoms with Gasteiger partial charge in [0.05, 0.1) is 26.4 Å². The number of esters is 4. The minimum atomic E-state index is -4.95. The van der Waals surface area contributed by atoms with Crippen LogP contribution in [-0.4, -0.2) is 96.7 Å². The molecule has 0 aromatic rings. The minimum Gasteiger partial charge on any atom is -0.462 e. The van der Waals surface area contributed by atoms with Gasteiger partial charge in [-0.25, -0.2) is 9.13 Å². The summed E-state index contributed by atoms with van der Waals surface area (Å²) in [5.41, 5.74) is 0. The molecule has 0 aliphatic heterocycles. The van der Waals surface area contributed by atoms with E-state index < -0.39 is 97.5 Å². The van der Waals surface area contributed by atoms with Crippen LogP contribution in [0.5, 0.6) is 0 Å². The molecule has 2 unspecified atom stereocenters. The molecular weight excluding hydrogens is 1190 g/mol. The second-order valence-corrected chi connectivity index (χ2v) is 28.5. The monoisotopic (exact) mass is 1320 g/mol. The van der Waals surface area contributed by atoms with Gasteiger partial charge in [-0.05, 0) is 25.7 Å². The van der Waals surface area contributed by atoms with Crippen molar-refractivity contribution >= 4 is 39.5 Å². The third-order valence-corrected chi connectivity index (χ3v) is 18.5. The zero-order chi connectivity index (χ0) is 66.1. The number of phosphoric acid groups is 2. The zero-order valence-corrected chi connectivity index (χ0v) is 59.9. The molecule has 0 spiro atoms. The number of phosphoric ester groups is 2. The largest absolute Gasteiger partial charge is 0.472 e. The smallest absolute Gasteiger partial charge is 0.462 e. The van der Waals surface area contributed by atoms with E-state index in [1.807, 2.05) is 0 Å². The summed E-state index contributed by atoms with van der Waals surface area (Å²) in [6, 6.07) is 0. The second kappa shape index (κ2) is 65.7. The highest BCUT2D eigenvalue weighted by Crippen LogP contribution is 2.45. The van der Waals surface area contributed by atoms with E-state index in [-0.39, 0.29) is 25.7 Å². The Morgan fingerprint density at radius 2 is 0.444 bits per heavy atom. The van der Waals surface area contributed by atoms with E-state index in [1.54, 1.807) is 0 Å². The molecule has 0 aliphatic carbocycles. The Balaban J connectivity index is 5.10. The highest BCUT2D eigenvalue weighted by atomic mass is 31.2. The molecule has 0 saturated carbocycles. The first kappa shape index (κ1) is 88.1. The van der Waals surface area contributed by atoms with Gasteiger partial charge in [-0.3, -0.25) is 37.3 Å². The van der Waals surface area contributed by atoms with Crippen molar-refractivity contribution in [1.82, 2.24) is 0 Å². The number of aliphatic hydroxyl groups is 1. The van der Waals surface area contributed by atoms with Crippen molar-refractivity contribution in [3.05, 3.63) is 0 Å². The number of ether oxygens (including phenoxy) is 4. The lowest BCUT2D eigenvalue weighted by molar-refractivity contribution is -0.161. The molecule has 0 aromatic heterocycles. The van der Waals surface area contributed by atoms with E-state index in [2.05, 4.69) is 27.7 Å². The van der Waals surface area contributed by atoms with Crippen LogP contribution in [0, 0.1) is 0 Å². The standard InChI is InChI=1S/C71H138O17P2/c1-5-9-13-17-20-23-26-28-30-31-32-33-34-35-36-38-40-43-46-50-54-58-71(76)88-67(62-82-69(74)56-52-48-44-42-39-37-29-27-24-21-18-14-10-6-2)64-86-90(79,80)84-60-65(72)59-83-89(77,78)85-63-66(61-81-68(73)55-51-47-16-12-8-4)87-70(75)57-53-49-45-41-25-22-19-15-11-7-3/h65-67,72H,5-64H2,1-4H3,(H,77,78)(H,79,80)/t65-,66+,67+/m0/s1. The van der Waals surface area contributed by atoms with E-state index in [9.17, 15) is 43.2 Å². The Morgan fingerprint density at radius 3 is 0.656 bits per heavy atom. The van der Waals surface area contributed by atoms with Gasteiger partial charge in [-0.15, -0.1) is 0 Å². The molecular formula is C71H138O17P2. The summed E-state index contributed by atoms with van der Waals surface area (Å²) in [5.74, 6) is -2.13. The van der Waals surface area contributed by atoms with Crippen LogP contribution < -0.4 is 0 Å². The highest BCUT2D eigenvalue weighted by Gasteiger charge is 2.30. The zero-order valence-electron chi connectivity index (χ0n) is 58.1. The Morgan fingerprint density at radius 1 is 0.267 bits per heavy atom. The number of carbonyl (C=O) groups is 4. The molecule has 5 atom stereocenters. The maximum absolute atomic E-state index is 13.0. The van der Waals surface area contributed by atoms with Crippen LogP contribution >= 0.6 is 15.6 Å². The quantitative estimate of drug-likeness (QED) is 0.0222. The maximum Gasteiger partial charge on any atom is 0.472 e. The van der Waals surface area contributed by atoms with Gasteiger partial charge in [-0.1, -0.05) is 323 Å². The minimum absolute atomic E-state index is 0.106. The van der Waals surface area contributed by atoms with Gasteiger partial charge in [0.25, 0.3) is 0 Å². The van der Waals surface area contributed by atoms with E-state index in [0.717, 1.165) is 96.3 Å². The Bertz CT molecular complexity index is 1720. The van der Waals surface area contributed by atoms with Crippen molar-refractivity contribution in [1.29, 1.82) is 0 Å². The van der Waals surface area contributed by atoms with E-state index in [0.29, 0.717) is 25.7 Å². The molecule has 3 N–H and O–H groups in total. The van der Waals surface area contributed by atoms with Crippen LogP contribution in [0.1, 0.15) is 374 Å². The van der Waals surface area contributed by atoms with E-state index >= 15 is 0 Å². The van der Waals surface area contributed by atoms with E-state index in [4.69, 9.17) is 37.0 Å². The first-order valence-corrected chi connectivity index (χ1v) is 40.3. The summed E-state index contributed by atoms with van der Waals surface area (Å²) in [7, 11) is -9.89. The Hall–Kier alpha value is -1.94. The van der Waals surface area contributed by atoms with Crippen LogP contribution in [0.2, 0.25) is 0 Å². The first-order valence-electron chi connectivity index (χ1n) is 37.3. The topological polar surface area (TPSA) is 237 Å². The van der Waals surface area contributed by atoms with Crippen LogP contribution in [0.4, 0.5) is 0 Å². The molecule has 0 aliphatic rings. The van der Waals surface area contributed by atoms with Gasteiger partial charge in [-0.2, -0.15) is 0 Å². The number of unbranched alkanes of at least 4 members (excludes halogenated alkanes) is 46. The Kier molecular flexibility index (Phi) is 64.3. The molecule has 0 fully saturated rings. The normalized spacial score (nSPS) is 14.0. The summed E-state index contributed by atoms with van der Waals surface area (Å²) in [4.78, 5) is 72.2. The van der Waals surface area contributed by atoms with Crippen LogP contribution in [0.15, 0.2) is 0 Å². The summed E-state index contributed by atoms with van der Waals surface area (Å²) in [6.45, 7) is 4.85. The van der Waals surface area contributed by atoms with Crippen molar-refractivity contribution in [3.63, 3.8) is 0 Å². The van der Waals surface area contributed by atoms with Crippen molar-refractivity contribution in [2.45, 2.75) is 393 Å². The van der Waals surface area contributed by atoms with Gasteiger partial charge < -0.3 is 33.8 Å². The fraction of sp³-hybridized carbons (Fsp3) is 0.944. The molecule has 90 heavy (non-hydrogen) atoms. The summed E-state index contributed by atoms with van der Waals surface area (Å²) in [6.07, 6.45) is 54.6. The molecule has 0 amide bonds. The molecule has 0 bridgehead atoms. The van der Waals surface area contributed by atoms with Gasteiger partial charge >= 0.3 is 39.5 Å². The third kappa shape index (κ3) is 64.8. The molecule has 17 nitrogen and oxygen atoms in total. The lowest BCUT2D eigenvalue weighted by Crippen LogP contribution is -2.30. The number of hydrogen-bond acceptors (Lipinski definition) is 15. The molecule has 19 heteroatoms. The van der Waals surface area contributed by atoms with Crippen molar-refractivity contribution in [2.75, 3.05) is 39.6 Å². The third-order valence-electron chi connectivity index (χ3n) is 16.6. The second-order valence-electron chi connectivity index (χ2n) is 25.6. The molecule has 534 valence electrons. The van der Waals surface area contributed by atoms with Crippen LogP contribution in [0.25, 0.3) is 0 Å². The highest BCUT2D eigenvalue weighted by molar-refractivity contribution is 7.47. The maximum atomic E-state index is 13.0. The molecule has 0 rings (SSSR count). The summed E-state index contributed by atoms with van der Waals surface area (Å²) < 4.78 is 68.1. The first-order chi connectivity index (χ1) is 43.7. The number of rotatable bonds is 72. The van der Waals surface area contributed by atoms with Gasteiger partial charge in [0.1, 0.15) is 19.3 Å². The van der Waals surface area contributed by atoms with Gasteiger partial charge in [0.15, 0.2) is 12.2 Å². The van der Waals surface area contributed by atoms with Crippen LogP contribution in [0.3, 0.4) is 0 Å². The summed E-state index contributed by atoms with van der Waals surface area (Å²) in [5, 5.41) is 10.6. The average Bonchev–Trinajstić information content (AvgIpc) is 3.62. The van der Waals surface area contributed by atoms with Crippen LogP contribution in [-0.2, 0) is 65.4 Å². The molecule has 0 aromatic carbocycles. The predicted molar refractivity (Wildman–Crippen MR) is 363 cm³/mol. The molecule has 0 saturated heterocycles. The van der Waals surface area contributed by atoms with Gasteiger partial charge in [0, 0.05) is 25.7 Å². The fourth-order valence-corrected chi connectivity index (χ4v) is 12.4. The SMILES string of the molecule is CCCCCCCCCCCCCCCCCCCCCCCC(=O)O[C@H](COC(=O)CCCCCCCCCCCCCCCC)COP(=O)(O)OC[C@@H](O)COP(=O)(O)OC[C@@H](COC(=O)CCCCCCC)OC(=O)CCCCCCCCCCCC. The summed E-state index contributed by atoms with van der Waals surface area (Å²) >= 11 is 0. The Labute approximate surface area is 549 Å². The molecule has 0 radical (unpaired) electrons. The predicted octanol–water partition coefficient (Wildman–Crippen LogP) is 20.7. The lowest BCUT2D eigenvalue weighted by atomic mass is 10.0. The number of aliphatic hydroxyl groups excluding tert-OH is 1. The van der Waals surface area contributed by atoms with Crippen molar-refractivity contribution < 1.29 is 80.2 Å². The number of carbonyl (C=O) groups excluding carboxylic acids is 4. The number of hydrogen-bond donors (Lipinski definition) is 3.